The van der Waals surface area contributed by atoms with Crippen molar-refractivity contribution < 1.29 is 9.90 Å². The number of carboxylic acid groups (broad SMARTS) is 1. The van der Waals surface area contributed by atoms with E-state index in [9.17, 15) is 4.79 Å². The normalized spacial score (nSPS) is 9.71. The molecular weight excluding hydrogens is 264 g/mol. The molecule has 0 amide bonds. The smallest absolute Gasteiger partial charge is 0.337 e. The molecule has 0 aliphatic carbocycles. The first-order chi connectivity index (χ1) is 10.1. The van der Waals surface area contributed by atoms with Crippen LogP contribution in [0.3, 0.4) is 0 Å². The molecule has 106 valence electrons. The summed E-state index contributed by atoms with van der Waals surface area (Å²) in [5.41, 5.74) is 12.2. The molecule has 3 aromatic carbocycles. The molecule has 4 heteroatoms. The van der Waals surface area contributed by atoms with Crippen LogP contribution in [0.1, 0.15) is 10.4 Å². The number of carbonyl (C=O) groups is 1. The SMILES string of the molecule is Nc1ccc2ccccc2c1.Nc1ccccc1C(=O)O. The lowest BCUT2D eigenvalue weighted by molar-refractivity contribution is 0.0698. The zero-order chi connectivity index (χ0) is 15.2. The van der Waals surface area contributed by atoms with Crippen molar-refractivity contribution in [1.29, 1.82) is 0 Å². The number of carboxylic acids is 1. The van der Waals surface area contributed by atoms with Crippen molar-refractivity contribution >= 4 is 28.1 Å². The van der Waals surface area contributed by atoms with Crippen LogP contribution in [0.5, 0.6) is 0 Å². The molecule has 0 heterocycles. The average molecular weight is 280 g/mol. The number of hydrogen-bond acceptors (Lipinski definition) is 3. The van der Waals surface area contributed by atoms with Gasteiger partial charge < -0.3 is 16.6 Å². The van der Waals surface area contributed by atoms with Crippen molar-refractivity contribution in [2.24, 2.45) is 0 Å². The lowest BCUT2D eigenvalue weighted by atomic mass is 10.1. The van der Waals surface area contributed by atoms with Crippen LogP contribution < -0.4 is 11.5 Å². The largest absolute Gasteiger partial charge is 0.478 e. The number of anilines is 2. The van der Waals surface area contributed by atoms with E-state index in [1.54, 1.807) is 18.2 Å². The average Bonchev–Trinajstić information content (AvgIpc) is 2.48. The van der Waals surface area contributed by atoms with Crippen LogP contribution in [-0.2, 0) is 0 Å². The summed E-state index contributed by atoms with van der Waals surface area (Å²) in [4.78, 5) is 10.3. The van der Waals surface area contributed by atoms with E-state index in [1.807, 2.05) is 30.3 Å². The Kier molecular flexibility index (Phi) is 4.41. The molecule has 0 unspecified atom stereocenters. The fourth-order valence-corrected chi connectivity index (χ4v) is 1.90. The Morgan fingerprint density at radius 1 is 0.810 bits per heavy atom. The number of hydrogen-bond donors (Lipinski definition) is 3. The molecule has 0 aliphatic heterocycles. The highest BCUT2D eigenvalue weighted by atomic mass is 16.4. The van der Waals surface area contributed by atoms with Crippen LogP contribution in [0.15, 0.2) is 66.7 Å². The number of rotatable bonds is 1. The third-order valence-corrected chi connectivity index (χ3v) is 2.96. The van der Waals surface area contributed by atoms with E-state index in [4.69, 9.17) is 16.6 Å². The highest BCUT2D eigenvalue weighted by Gasteiger charge is 2.03. The van der Waals surface area contributed by atoms with Crippen molar-refractivity contribution in [3.63, 3.8) is 0 Å². The highest BCUT2D eigenvalue weighted by molar-refractivity contribution is 5.93. The monoisotopic (exact) mass is 280 g/mol. The minimum atomic E-state index is -0.988. The third-order valence-electron chi connectivity index (χ3n) is 2.96. The maximum absolute atomic E-state index is 10.3. The third kappa shape index (κ3) is 3.73. The molecule has 0 saturated carbocycles. The van der Waals surface area contributed by atoms with Gasteiger partial charge in [-0.25, -0.2) is 4.79 Å². The molecule has 0 aliphatic rings. The van der Waals surface area contributed by atoms with E-state index < -0.39 is 5.97 Å². The second kappa shape index (κ2) is 6.43. The van der Waals surface area contributed by atoms with E-state index >= 15 is 0 Å². The van der Waals surface area contributed by atoms with Gasteiger partial charge in [-0.1, -0.05) is 42.5 Å². The fourth-order valence-electron chi connectivity index (χ4n) is 1.90. The number of benzene rings is 3. The Labute approximate surface area is 122 Å². The van der Waals surface area contributed by atoms with Crippen molar-refractivity contribution in [3.8, 4) is 0 Å². The molecule has 3 aromatic rings. The van der Waals surface area contributed by atoms with Crippen LogP contribution in [0, 0.1) is 0 Å². The van der Waals surface area contributed by atoms with Crippen molar-refractivity contribution in [3.05, 3.63) is 72.3 Å². The van der Waals surface area contributed by atoms with Crippen molar-refractivity contribution in [2.45, 2.75) is 0 Å². The summed E-state index contributed by atoms with van der Waals surface area (Å²) >= 11 is 0. The molecule has 0 spiro atoms. The highest BCUT2D eigenvalue weighted by Crippen LogP contribution is 2.16. The molecule has 0 bridgehead atoms. The van der Waals surface area contributed by atoms with E-state index in [0.29, 0.717) is 5.69 Å². The van der Waals surface area contributed by atoms with Crippen LogP contribution in [0.4, 0.5) is 11.4 Å². The van der Waals surface area contributed by atoms with Crippen LogP contribution in [0.25, 0.3) is 10.8 Å². The van der Waals surface area contributed by atoms with Gasteiger partial charge in [0.2, 0.25) is 0 Å². The molecule has 0 radical (unpaired) electrons. The summed E-state index contributed by atoms with van der Waals surface area (Å²) in [6.45, 7) is 0. The second-order valence-electron chi connectivity index (χ2n) is 4.50. The molecule has 0 aromatic heterocycles. The lowest BCUT2D eigenvalue weighted by Crippen LogP contribution is -2.00. The lowest BCUT2D eigenvalue weighted by Gasteiger charge is -1.96. The molecule has 0 saturated heterocycles. The van der Waals surface area contributed by atoms with Crippen molar-refractivity contribution in [1.82, 2.24) is 0 Å². The summed E-state index contributed by atoms with van der Waals surface area (Å²) in [5.74, 6) is -0.988. The zero-order valence-corrected chi connectivity index (χ0v) is 11.4. The van der Waals surface area contributed by atoms with E-state index in [-0.39, 0.29) is 5.56 Å². The summed E-state index contributed by atoms with van der Waals surface area (Å²) < 4.78 is 0. The maximum Gasteiger partial charge on any atom is 0.337 e. The standard InChI is InChI=1S/C10H9N.C7H7NO2/c11-10-6-5-8-3-1-2-4-9(8)7-10;8-6-4-2-1-3-5(6)7(9)10/h1-7H,11H2;1-4H,8H2,(H,9,10). The number of para-hydroxylation sites is 1. The van der Waals surface area contributed by atoms with E-state index in [1.165, 1.54) is 16.8 Å². The minimum absolute atomic E-state index is 0.155. The summed E-state index contributed by atoms with van der Waals surface area (Å²) in [6, 6.07) is 20.5. The molecule has 3 rings (SSSR count). The maximum atomic E-state index is 10.3. The van der Waals surface area contributed by atoms with Gasteiger partial charge in [-0.05, 0) is 35.0 Å². The Bertz CT molecular complexity index is 769. The van der Waals surface area contributed by atoms with Gasteiger partial charge in [0.05, 0.1) is 5.56 Å². The Morgan fingerprint density at radius 3 is 2.05 bits per heavy atom. The Morgan fingerprint density at radius 2 is 1.43 bits per heavy atom. The number of nitrogen functional groups attached to an aromatic ring is 2. The predicted molar refractivity (Wildman–Crippen MR) is 86.2 cm³/mol. The van der Waals surface area contributed by atoms with Gasteiger partial charge in [0.15, 0.2) is 0 Å². The van der Waals surface area contributed by atoms with E-state index in [0.717, 1.165) is 5.69 Å². The molecule has 0 fully saturated rings. The Balaban J connectivity index is 0.000000155. The summed E-state index contributed by atoms with van der Waals surface area (Å²) in [6.07, 6.45) is 0. The van der Waals surface area contributed by atoms with Gasteiger partial charge in [0.25, 0.3) is 0 Å². The minimum Gasteiger partial charge on any atom is -0.478 e. The molecule has 4 nitrogen and oxygen atoms in total. The molecule has 5 N–H and O–H groups in total. The topological polar surface area (TPSA) is 89.3 Å². The summed E-state index contributed by atoms with van der Waals surface area (Å²) in [7, 11) is 0. The summed E-state index contributed by atoms with van der Waals surface area (Å²) in [5, 5.41) is 10.9. The quantitative estimate of drug-likeness (QED) is 0.596. The first-order valence-corrected chi connectivity index (χ1v) is 6.40. The van der Waals surface area contributed by atoms with Crippen LogP contribution in [-0.4, -0.2) is 11.1 Å². The fraction of sp³-hybridized carbons (Fsp3) is 0. The molecule has 21 heavy (non-hydrogen) atoms. The zero-order valence-electron chi connectivity index (χ0n) is 11.4. The van der Waals surface area contributed by atoms with Crippen molar-refractivity contribution in [2.75, 3.05) is 11.5 Å². The number of aromatic carboxylic acids is 1. The predicted octanol–water partition coefficient (Wildman–Crippen LogP) is 3.39. The van der Waals surface area contributed by atoms with Gasteiger partial charge >= 0.3 is 5.97 Å². The first kappa shape index (κ1) is 14.4. The van der Waals surface area contributed by atoms with Crippen LogP contribution >= 0.6 is 0 Å². The number of fused-ring (bicyclic) bond motifs is 1. The first-order valence-electron chi connectivity index (χ1n) is 6.40. The van der Waals surface area contributed by atoms with Gasteiger partial charge in [0, 0.05) is 11.4 Å². The van der Waals surface area contributed by atoms with Gasteiger partial charge in [0.1, 0.15) is 0 Å². The van der Waals surface area contributed by atoms with Gasteiger partial charge in [-0.3, -0.25) is 0 Å². The second-order valence-corrected chi connectivity index (χ2v) is 4.50. The molecule has 0 atom stereocenters. The van der Waals surface area contributed by atoms with Gasteiger partial charge in [-0.15, -0.1) is 0 Å². The van der Waals surface area contributed by atoms with Crippen LogP contribution in [0.2, 0.25) is 0 Å². The number of nitrogens with two attached hydrogens (primary N) is 2. The molecular formula is C17H16N2O2. The van der Waals surface area contributed by atoms with E-state index in [2.05, 4.69) is 12.1 Å². The Hall–Kier alpha value is -3.01. The van der Waals surface area contributed by atoms with Gasteiger partial charge in [-0.2, -0.15) is 0 Å².